The average Bonchev–Trinajstić information content (AvgIpc) is 3.14. The Kier molecular flexibility index (Phi) is 6.00. The molecule has 1 heterocycles. The van der Waals surface area contributed by atoms with Gasteiger partial charge in [-0.05, 0) is 59.7 Å². The Morgan fingerprint density at radius 3 is 2.61 bits per heavy atom. The monoisotopic (exact) mass is 437 g/mol. The van der Waals surface area contributed by atoms with Gasteiger partial charge in [0.25, 0.3) is 0 Å². The van der Waals surface area contributed by atoms with Crippen molar-refractivity contribution >= 4 is 29.5 Å². The zero-order chi connectivity index (χ0) is 21.8. The third-order valence-electron chi connectivity index (χ3n) is 4.49. The highest BCUT2D eigenvalue weighted by Crippen LogP contribution is 2.30. The van der Waals surface area contributed by atoms with Gasteiger partial charge in [-0.25, -0.2) is 14.2 Å². The van der Waals surface area contributed by atoms with Gasteiger partial charge in [0, 0.05) is 10.6 Å². The fourth-order valence-corrected chi connectivity index (χ4v) is 3.07. The van der Waals surface area contributed by atoms with Crippen LogP contribution in [0, 0.1) is 5.82 Å². The van der Waals surface area contributed by atoms with Crippen LogP contribution in [0.3, 0.4) is 0 Å². The molecule has 7 heteroatoms. The van der Waals surface area contributed by atoms with Gasteiger partial charge in [-0.1, -0.05) is 35.9 Å². The molecular weight excluding hydrogens is 421 g/mol. The van der Waals surface area contributed by atoms with Gasteiger partial charge in [0.1, 0.15) is 12.4 Å². The summed E-state index contributed by atoms with van der Waals surface area (Å²) < 4.78 is 29.9. The first-order chi connectivity index (χ1) is 15.0. The smallest absolute Gasteiger partial charge is 0.363 e. The molecule has 0 unspecified atom stereocenters. The molecule has 0 amide bonds. The fourth-order valence-electron chi connectivity index (χ4n) is 2.95. The van der Waals surface area contributed by atoms with Gasteiger partial charge in [0.05, 0.1) is 7.11 Å². The van der Waals surface area contributed by atoms with E-state index in [4.69, 9.17) is 25.8 Å². The van der Waals surface area contributed by atoms with Crippen molar-refractivity contribution in [2.24, 2.45) is 4.99 Å². The highest BCUT2D eigenvalue weighted by molar-refractivity contribution is 6.30. The Bertz CT molecular complexity index is 1190. The lowest BCUT2D eigenvalue weighted by Crippen LogP contribution is -2.05. The van der Waals surface area contributed by atoms with Crippen molar-refractivity contribution in [1.29, 1.82) is 0 Å². The van der Waals surface area contributed by atoms with Crippen LogP contribution in [0.2, 0.25) is 5.02 Å². The van der Waals surface area contributed by atoms with E-state index in [1.54, 1.807) is 42.5 Å². The Morgan fingerprint density at radius 1 is 1.06 bits per heavy atom. The van der Waals surface area contributed by atoms with Crippen LogP contribution in [0.1, 0.15) is 16.7 Å². The second-order valence-electron chi connectivity index (χ2n) is 6.67. The van der Waals surface area contributed by atoms with Crippen LogP contribution < -0.4 is 9.47 Å². The number of halogens is 2. The molecule has 0 radical (unpaired) electrons. The third-order valence-corrected chi connectivity index (χ3v) is 4.74. The molecule has 156 valence electrons. The van der Waals surface area contributed by atoms with Crippen molar-refractivity contribution in [3.63, 3.8) is 0 Å². The molecule has 0 aromatic heterocycles. The number of hydrogen-bond acceptors (Lipinski definition) is 5. The normalized spacial score (nSPS) is 14.4. The van der Waals surface area contributed by atoms with Gasteiger partial charge in [-0.3, -0.25) is 0 Å². The molecule has 4 rings (SSSR count). The van der Waals surface area contributed by atoms with E-state index in [1.165, 1.54) is 25.3 Å². The number of aliphatic imine (C=N–C) groups is 1. The van der Waals surface area contributed by atoms with Gasteiger partial charge < -0.3 is 14.2 Å². The SMILES string of the molecule is COc1cc(/C=C2/N=C(c3cccc(F)c3)OC2=O)ccc1OCc1ccc(Cl)cc1. The first-order valence-electron chi connectivity index (χ1n) is 9.35. The Hall–Kier alpha value is -3.64. The number of rotatable bonds is 6. The van der Waals surface area contributed by atoms with Crippen molar-refractivity contribution in [3.8, 4) is 11.5 Å². The molecule has 0 saturated carbocycles. The highest BCUT2D eigenvalue weighted by Gasteiger charge is 2.24. The molecule has 0 fully saturated rings. The van der Waals surface area contributed by atoms with E-state index in [0.717, 1.165) is 5.56 Å². The van der Waals surface area contributed by atoms with Gasteiger partial charge in [-0.15, -0.1) is 0 Å². The molecule has 0 saturated heterocycles. The summed E-state index contributed by atoms with van der Waals surface area (Å²) in [6.45, 7) is 0.349. The third kappa shape index (κ3) is 4.92. The zero-order valence-electron chi connectivity index (χ0n) is 16.5. The molecule has 3 aromatic rings. The lowest BCUT2D eigenvalue weighted by molar-refractivity contribution is -0.129. The number of nitrogens with zero attached hydrogens (tertiary/aromatic N) is 1. The minimum absolute atomic E-state index is 0.0608. The number of hydrogen-bond donors (Lipinski definition) is 0. The molecule has 3 aromatic carbocycles. The molecule has 5 nitrogen and oxygen atoms in total. The molecule has 0 N–H and O–H groups in total. The maximum Gasteiger partial charge on any atom is 0.363 e. The Labute approximate surface area is 183 Å². The minimum Gasteiger partial charge on any atom is -0.493 e. The summed E-state index contributed by atoms with van der Waals surface area (Å²) in [7, 11) is 1.53. The van der Waals surface area contributed by atoms with Crippen molar-refractivity contribution in [3.05, 3.63) is 100.0 Å². The maximum absolute atomic E-state index is 13.4. The lowest BCUT2D eigenvalue weighted by atomic mass is 10.1. The molecule has 0 aliphatic carbocycles. The quantitative estimate of drug-likeness (QED) is 0.382. The van der Waals surface area contributed by atoms with Crippen LogP contribution >= 0.6 is 11.6 Å². The van der Waals surface area contributed by atoms with Crippen molar-refractivity contribution in [2.45, 2.75) is 6.61 Å². The fraction of sp³-hybridized carbons (Fsp3) is 0.0833. The van der Waals surface area contributed by atoms with Crippen LogP contribution in [0.5, 0.6) is 11.5 Å². The number of methoxy groups -OCH3 is 1. The van der Waals surface area contributed by atoms with Gasteiger partial charge in [-0.2, -0.15) is 0 Å². The van der Waals surface area contributed by atoms with E-state index >= 15 is 0 Å². The Morgan fingerprint density at radius 2 is 1.87 bits per heavy atom. The molecule has 1 aliphatic rings. The van der Waals surface area contributed by atoms with E-state index in [9.17, 15) is 9.18 Å². The summed E-state index contributed by atoms with van der Waals surface area (Å²) in [5.41, 5.74) is 2.13. The molecular formula is C24H17ClFNO4. The molecule has 0 bridgehead atoms. The largest absolute Gasteiger partial charge is 0.493 e. The number of esters is 1. The van der Waals surface area contributed by atoms with Crippen LogP contribution in [0.25, 0.3) is 6.08 Å². The number of carbonyl (C=O) groups excluding carboxylic acids is 1. The number of benzene rings is 3. The molecule has 0 atom stereocenters. The molecule has 31 heavy (non-hydrogen) atoms. The first-order valence-corrected chi connectivity index (χ1v) is 9.73. The summed E-state index contributed by atoms with van der Waals surface area (Å²) >= 11 is 5.90. The first kappa shape index (κ1) is 20.6. The predicted molar refractivity (Wildman–Crippen MR) is 116 cm³/mol. The van der Waals surface area contributed by atoms with Gasteiger partial charge in [0.2, 0.25) is 5.90 Å². The summed E-state index contributed by atoms with van der Waals surface area (Å²) in [5.74, 6) is 0.0705. The van der Waals surface area contributed by atoms with Crippen molar-refractivity contribution in [1.82, 2.24) is 0 Å². The highest BCUT2D eigenvalue weighted by atomic mass is 35.5. The number of carbonyl (C=O) groups is 1. The summed E-state index contributed by atoms with van der Waals surface area (Å²) in [6.07, 6.45) is 1.57. The maximum atomic E-state index is 13.4. The van der Waals surface area contributed by atoms with Gasteiger partial charge >= 0.3 is 5.97 Å². The Balaban J connectivity index is 1.53. The van der Waals surface area contributed by atoms with E-state index in [2.05, 4.69) is 4.99 Å². The zero-order valence-corrected chi connectivity index (χ0v) is 17.2. The second-order valence-corrected chi connectivity index (χ2v) is 7.11. The average molecular weight is 438 g/mol. The van der Waals surface area contributed by atoms with Crippen LogP contribution in [-0.2, 0) is 16.1 Å². The van der Waals surface area contributed by atoms with Crippen molar-refractivity contribution in [2.75, 3.05) is 7.11 Å². The molecule has 1 aliphatic heterocycles. The van der Waals surface area contributed by atoms with Crippen molar-refractivity contribution < 1.29 is 23.4 Å². The van der Waals surface area contributed by atoms with E-state index in [0.29, 0.717) is 34.3 Å². The predicted octanol–water partition coefficient (Wildman–Crippen LogP) is 5.41. The van der Waals surface area contributed by atoms with Crippen LogP contribution in [0.15, 0.2) is 77.4 Å². The van der Waals surface area contributed by atoms with E-state index in [-0.39, 0.29) is 11.6 Å². The number of cyclic esters (lactones) is 1. The van der Waals surface area contributed by atoms with Gasteiger partial charge in [0.15, 0.2) is 17.2 Å². The summed E-state index contributed by atoms with van der Waals surface area (Å²) in [5, 5.41) is 0.660. The van der Waals surface area contributed by atoms with Crippen LogP contribution in [-0.4, -0.2) is 19.0 Å². The van der Waals surface area contributed by atoms with E-state index in [1.807, 2.05) is 12.1 Å². The number of ether oxygens (including phenoxy) is 3. The standard InChI is InChI=1S/C24H17ClFNO4/c1-29-22-12-16(7-10-21(22)30-14-15-5-8-18(25)9-6-15)11-20-24(28)31-23(27-20)17-3-2-4-19(26)13-17/h2-13H,14H2,1H3/b20-11+. The second kappa shape index (κ2) is 9.02. The summed E-state index contributed by atoms with van der Waals surface area (Å²) in [4.78, 5) is 16.4. The summed E-state index contributed by atoms with van der Waals surface area (Å²) in [6, 6.07) is 18.3. The molecule has 0 spiro atoms. The van der Waals surface area contributed by atoms with Crippen LogP contribution in [0.4, 0.5) is 4.39 Å². The van der Waals surface area contributed by atoms with E-state index < -0.39 is 11.8 Å². The lowest BCUT2D eigenvalue weighted by Gasteiger charge is -2.11. The topological polar surface area (TPSA) is 57.1 Å². The minimum atomic E-state index is -0.610.